The van der Waals surface area contributed by atoms with E-state index in [9.17, 15) is 8.42 Å². The minimum Gasteiger partial charge on any atom is -0.408 e. The van der Waals surface area contributed by atoms with Crippen molar-refractivity contribution in [1.29, 1.82) is 0 Å². The van der Waals surface area contributed by atoms with Gasteiger partial charge in [-0.2, -0.15) is 0 Å². The van der Waals surface area contributed by atoms with E-state index in [-0.39, 0.29) is 12.6 Å². The van der Waals surface area contributed by atoms with Gasteiger partial charge < -0.3 is 15.5 Å². The van der Waals surface area contributed by atoms with E-state index in [4.69, 9.17) is 10.2 Å². The Kier molecular flexibility index (Phi) is 4.10. The van der Waals surface area contributed by atoms with Crippen LogP contribution in [0, 0.1) is 0 Å². The van der Waals surface area contributed by atoms with Crippen molar-refractivity contribution in [3.63, 3.8) is 0 Å². The fraction of sp³-hybridized carbons (Fsp3) is 0.778. The zero-order valence-corrected chi connectivity index (χ0v) is 11.0. The van der Waals surface area contributed by atoms with E-state index in [2.05, 4.69) is 15.5 Å². The molecule has 0 saturated heterocycles. The first kappa shape index (κ1) is 13.9. The molecule has 0 bridgehead atoms. The molecule has 0 saturated carbocycles. The predicted molar refractivity (Wildman–Crippen MR) is 64.5 cm³/mol. The van der Waals surface area contributed by atoms with Crippen molar-refractivity contribution in [2.75, 3.05) is 24.7 Å². The van der Waals surface area contributed by atoms with Crippen LogP contribution in [0.15, 0.2) is 4.42 Å². The second-order valence-corrected chi connectivity index (χ2v) is 7.07. The van der Waals surface area contributed by atoms with Crippen LogP contribution in [-0.2, 0) is 16.3 Å². The van der Waals surface area contributed by atoms with Gasteiger partial charge in [0, 0.05) is 25.8 Å². The molecule has 0 fully saturated rings. The summed E-state index contributed by atoms with van der Waals surface area (Å²) in [7, 11) is -3.15. The highest BCUT2D eigenvalue weighted by Gasteiger charge is 2.30. The Morgan fingerprint density at radius 1 is 1.41 bits per heavy atom. The van der Waals surface area contributed by atoms with Gasteiger partial charge in [-0.1, -0.05) is 5.10 Å². The van der Waals surface area contributed by atoms with Gasteiger partial charge in [0.25, 0.3) is 0 Å². The molecule has 1 rings (SSSR count). The molecular weight excluding hydrogens is 244 g/mol. The molecule has 7 nitrogen and oxygen atoms in total. The Labute approximate surface area is 101 Å². The van der Waals surface area contributed by atoms with Gasteiger partial charge in [-0.15, -0.1) is 5.10 Å². The zero-order valence-electron chi connectivity index (χ0n) is 10.2. The summed E-state index contributed by atoms with van der Waals surface area (Å²) < 4.78 is 27.2. The summed E-state index contributed by atoms with van der Waals surface area (Å²) in [6.07, 6.45) is 1.70. The van der Waals surface area contributed by atoms with E-state index in [0.29, 0.717) is 18.9 Å². The SMILES string of the molecule is CC(C)(CNc1nnc(CCN)o1)S(C)(=O)=O. The number of rotatable bonds is 6. The second-order valence-electron chi connectivity index (χ2n) is 4.43. The molecule has 0 aliphatic heterocycles. The summed E-state index contributed by atoms with van der Waals surface area (Å²) in [5, 5.41) is 10.3. The molecule has 1 heterocycles. The van der Waals surface area contributed by atoms with Crippen LogP contribution >= 0.6 is 0 Å². The zero-order chi connectivity index (χ0) is 13.1. The van der Waals surface area contributed by atoms with Crippen molar-refractivity contribution >= 4 is 15.9 Å². The monoisotopic (exact) mass is 262 g/mol. The Morgan fingerprint density at radius 3 is 2.59 bits per heavy atom. The van der Waals surface area contributed by atoms with E-state index in [1.807, 2.05) is 0 Å². The average Bonchev–Trinajstić information content (AvgIpc) is 2.62. The van der Waals surface area contributed by atoms with Gasteiger partial charge in [-0.3, -0.25) is 0 Å². The lowest BCUT2D eigenvalue weighted by Crippen LogP contribution is -2.38. The summed E-state index contributed by atoms with van der Waals surface area (Å²) >= 11 is 0. The van der Waals surface area contributed by atoms with Crippen molar-refractivity contribution in [2.24, 2.45) is 5.73 Å². The Balaban J connectivity index is 2.61. The second kappa shape index (κ2) is 5.01. The van der Waals surface area contributed by atoms with Gasteiger partial charge >= 0.3 is 6.01 Å². The van der Waals surface area contributed by atoms with E-state index < -0.39 is 14.6 Å². The van der Waals surface area contributed by atoms with Gasteiger partial charge in [-0.25, -0.2) is 8.42 Å². The summed E-state index contributed by atoms with van der Waals surface area (Å²) in [5.74, 6) is 0.437. The predicted octanol–water partition coefficient (Wildman–Crippen LogP) is -0.194. The summed E-state index contributed by atoms with van der Waals surface area (Å²) in [5.41, 5.74) is 5.34. The number of nitrogens with one attached hydrogen (secondary N) is 1. The van der Waals surface area contributed by atoms with Crippen LogP contribution < -0.4 is 11.1 Å². The molecule has 0 aliphatic rings. The first-order valence-electron chi connectivity index (χ1n) is 5.22. The molecule has 0 spiro atoms. The van der Waals surface area contributed by atoms with Crippen LogP contribution in [-0.4, -0.2) is 42.7 Å². The van der Waals surface area contributed by atoms with Crippen LogP contribution in [0.25, 0.3) is 0 Å². The number of aromatic nitrogens is 2. The van der Waals surface area contributed by atoms with Crippen LogP contribution in [0.3, 0.4) is 0 Å². The first-order chi connectivity index (χ1) is 7.76. The minimum absolute atomic E-state index is 0.204. The topological polar surface area (TPSA) is 111 Å². The van der Waals surface area contributed by atoms with Crippen LogP contribution in [0.5, 0.6) is 0 Å². The normalized spacial score (nSPS) is 12.7. The molecule has 1 aromatic heterocycles. The van der Waals surface area contributed by atoms with Gasteiger partial charge in [0.1, 0.15) is 0 Å². The number of nitrogens with zero attached hydrogens (tertiary/aromatic N) is 2. The third kappa shape index (κ3) is 3.67. The maximum atomic E-state index is 11.5. The molecule has 0 radical (unpaired) electrons. The number of nitrogens with two attached hydrogens (primary N) is 1. The molecule has 3 N–H and O–H groups in total. The summed E-state index contributed by atoms with van der Waals surface area (Å²) in [6, 6.07) is 0.213. The quantitative estimate of drug-likeness (QED) is 0.730. The van der Waals surface area contributed by atoms with Gasteiger partial charge in [0.05, 0.1) is 4.75 Å². The number of anilines is 1. The van der Waals surface area contributed by atoms with Gasteiger partial charge in [-0.05, 0) is 13.8 Å². The highest BCUT2D eigenvalue weighted by molar-refractivity contribution is 7.92. The Morgan fingerprint density at radius 2 is 2.06 bits per heavy atom. The standard InChI is InChI=1S/C9H18N4O3S/c1-9(2,17(3,14)15)6-11-8-13-12-7(16-8)4-5-10/h4-6,10H2,1-3H3,(H,11,13). The average molecular weight is 262 g/mol. The molecular formula is C9H18N4O3S. The molecule has 0 unspecified atom stereocenters. The molecule has 0 aromatic carbocycles. The van der Waals surface area contributed by atoms with Crippen molar-refractivity contribution in [3.8, 4) is 0 Å². The van der Waals surface area contributed by atoms with Crippen LogP contribution in [0.2, 0.25) is 0 Å². The van der Waals surface area contributed by atoms with Crippen molar-refractivity contribution < 1.29 is 12.8 Å². The Bertz CT molecular complexity index is 466. The lowest BCUT2D eigenvalue weighted by atomic mass is 10.2. The molecule has 0 atom stereocenters. The van der Waals surface area contributed by atoms with Crippen molar-refractivity contribution in [3.05, 3.63) is 5.89 Å². The van der Waals surface area contributed by atoms with E-state index in [1.54, 1.807) is 13.8 Å². The van der Waals surface area contributed by atoms with Crippen LogP contribution in [0.4, 0.5) is 6.01 Å². The highest BCUT2D eigenvalue weighted by atomic mass is 32.2. The lowest BCUT2D eigenvalue weighted by molar-refractivity contribution is 0.501. The maximum Gasteiger partial charge on any atom is 0.315 e. The first-order valence-corrected chi connectivity index (χ1v) is 7.11. The Hall–Kier alpha value is -1.15. The smallest absolute Gasteiger partial charge is 0.315 e. The fourth-order valence-corrected chi connectivity index (χ4v) is 1.30. The summed E-state index contributed by atoms with van der Waals surface area (Å²) in [4.78, 5) is 0. The molecule has 8 heteroatoms. The van der Waals surface area contributed by atoms with Gasteiger partial charge in [0.2, 0.25) is 5.89 Å². The molecule has 98 valence electrons. The van der Waals surface area contributed by atoms with E-state index >= 15 is 0 Å². The molecule has 17 heavy (non-hydrogen) atoms. The maximum absolute atomic E-state index is 11.5. The van der Waals surface area contributed by atoms with E-state index in [1.165, 1.54) is 6.26 Å². The van der Waals surface area contributed by atoms with Crippen LogP contribution in [0.1, 0.15) is 19.7 Å². The number of sulfone groups is 1. The largest absolute Gasteiger partial charge is 0.408 e. The minimum atomic E-state index is -3.15. The molecule has 1 aromatic rings. The molecule has 0 aliphatic carbocycles. The van der Waals surface area contributed by atoms with Gasteiger partial charge in [0.15, 0.2) is 9.84 Å². The summed E-state index contributed by atoms with van der Waals surface area (Å²) in [6.45, 7) is 3.89. The highest BCUT2D eigenvalue weighted by Crippen LogP contribution is 2.16. The van der Waals surface area contributed by atoms with Crippen molar-refractivity contribution in [1.82, 2.24) is 10.2 Å². The van der Waals surface area contributed by atoms with E-state index in [0.717, 1.165) is 0 Å². The number of hydrogen-bond donors (Lipinski definition) is 2. The third-order valence-electron chi connectivity index (χ3n) is 2.49. The number of hydrogen-bond acceptors (Lipinski definition) is 7. The lowest BCUT2D eigenvalue weighted by Gasteiger charge is -2.21. The molecule has 0 amide bonds. The van der Waals surface area contributed by atoms with Crippen molar-refractivity contribution in [2.45, 2.75) is 25.0 Å². The third-order valence-corrected chi connectivity index (χ3v) is 4.65. The fourth-order valence-electron chi connectivity index (χ4n) is 0.969.